The highest BCUT2D eigenvalue weighted by atomic mass is 19.4. The van der Waals surface area contributed by atoms with Gasteiger partial charge in [0.1, 0.15) is 0 Å². The molecule has 2 N–H and O–H groups in total. The molecule has 2 rings (SSSR count). The van der Waals surface area contributed by atoms with Crippen LogP contribution in [0.4, 0.5) is 13.2 Å². The fourth-order valence-electron chi connectivity index (χ4n) is 2.60. The molecule has 1 saturated heterocycles. The van der Waals surface area contributed by atoms with Gasteiger partial charge >= 0.3 is 12.1 Å². The van der Waals surface area contributed by atoms with Crippen LogP contribution in [-0.2, 0) is 20.5 Å². The van der Waals surface area contributed by atoms with Crippen LogP contribution in [0, 0.1) is 0 Å². The Morgan fingerprint density at radius 1 is 1.29 bits per heavy atom. The molecule has 1 aliphatic heterocycles. The fourth-order valence-corrected chi connectivity index (χ4v) is 2.60. The monoisotopic (exact) mass is 345 g/mol. The first kappa shape index (κ1) is 18.3. The van der Waals surface area contributed by atoms with Crippen molar-refractivity contribution in [3.63, 3.8) is 0 Å². The lowest BCUT2D eigenvalue weighted by Crippen LogP contribution is -2.32. The van der Waals surface area contributed by atoms with Gasteiger partial charge < -0.3 is 15.2 Å². The van der Waals surface area contributed by atoms with Gasteiger partial charge in [-0.2, -0.15) is 13.2 Å². The van der Waals surface area contributed by atoms with Gasteiger partial charge in [-0.05, 0) is 30.5 Å². The molecule has 1 aromatic carbocycles. The van der Waals surface area contributed by atoms with Gasteiger partial charge in [-0.25, -0.2) is 0 Å². The number of benzene rings is 1. The highest BCUT2D eigenvalue weighted by molar-refractivity contribution is 5.78. The van der Waals surface area contributed by atoms with Gasteiger partial charge in [-0.1, -0.05) is 12.1 Å². The number of aliphatic carboxylic acids is 1. The van der Waals surface area contributed by atoms with E-state index in [2.05, 4.69) is 5.32 Å². The Morgan fingerprint density at radius 2 is 1.96 bits per heavy atom. The number of hydrogen-bond donors (Lipinski definition) is 2. The number of carbonyl (C=O) groups is 2. The summed E-state index contributed by atoms with van der Waals surface area (Å²) in [4.78, 5) is 23.0. The average molecular weight is 345 g/mol. The van der Waals surface area contributed by atoms with Gasteiger partial charge in [0.15, 0.2) is 0 Å². The van der Waals surface area contributed by atoms with E-state index in [1.165, 1.54) is 12.1 Å². The molecule has 0 saturated carbocycles. The van der Waals surface area contributed by atoms with Gasteiger partial charge in [0.05, 0.1) is 30.6 Å². The zero-order valence-corrected chi connectivity index (χ0v) is 12.8. The van der Waals surface area contributed by atoms with Crippen LogP contribution in [0.25, 0.3) is 0 Å². The van der Waals surface area contributed by atoms with E-state index >= 15 is 0 Å². The van der Waals surface area contributed by atoms with Crippen LogP contribution in [0.15, 0.2) is 24.3 Å². The minimum atomic E-state index is -4.47. The molecule has 24 heavy (non-hydrogen) atoms. The van der Waals surface area contributed by atoms with Crippen molar-refractivity contribution in [1.29, 1.82) is 0 Å². The molecule has 0 aromatic heterocycles. The van der Waals surface area contributed by atoms with Crippen LogP contribution in [0.5, 0.6) is 0 Å². The summed E-state index contributed by atoms with van der Waals surface area (Å²) in [6.45, 7) is 0.593. The molecule has 1 aromatic rings. The fraction of sp³-hybridized carbons (Fsp3) is 0.500. The third-order valence-electron chi connectivity index (χ3n) is 3.79. The zero-order valence-electron chi connectivity index (χ0n) is 12.8. The van der Waals surface area contributed by atoms with Crippen molar-refractivity contribution in [3.8, 4) is 0 Å². The van der Waals surface area contributed by atoms with E-state index in [0.717, 1.165) is 25.0 Å². The minimum absolute atomic E-state index is 0.108. The second kappa shape index (κ2) is 7.65. The van der Waals surface area contributed by atoms with Gasteiger partial charge in [-0.15, -0.1) is 0 Å². The Labute approximate surface area is 136 Å². The van der Waals surface area contributed by atoms with Crippen molar-refractivity contribution < 1.29 is 32.6 Å². The van der Waals surface area contributed by atoms with Crippen LogP contribution in [0.1, 0.15) is 42.9 Å². The van der Waals surface area contributed by atoms with Crippen molar-refractivity contribution in [3.05, 3.63) is 35.4 Å². The Kier molecular flexibility index (Phi) is 5.82. The minimum Gasteiger partial charge on any atom is -0.481 e. The maximum absolute atomic E-state index is 12.6. The van der Waals surface area contributed by atoms with Crippen molar-refractivity contribution in [2.24, 2.45) is 0 Å². The van der Waals surface area contributed by atoms with Crippen LogP contribution in [0.2, 0.25) is 0 Å². The Hall–Kier alpha value is -2.09. The number of halogens is 3. The lowest BCUT2D eigenvalue weighted by molar-refractivity contribution is -0.139. The van der Waals surface area contributed by atoms with Crippen LogP contribution < -0.4 is 5.32 Å². The topological polar surface area (TPSA) is 75.6 Å². The summed E-state index contributed by atoms with van der Waals surface area (Å²) in [5, 5.41) is 11.5. The number of amides is 1. The summed E-state index contributed by atoms with van der Waals surface area (Å²) in [5.74, 6) is -1.54. The molecule has 5 nitrogen and oxygen atoms in total. The van der Waals surface area contributed by atoms with Crippen molar-refractivity contribution in [2.75, 3.05) is 6.61 Å². The molecular formula is C16H18F3NO4. The van der Waals surface area contributed by atoms with Gasteiger partial charge in [0.2, 0.25) is 5.91 Å². The van der Waals surface area contributed by atoms with Gasteiger partial charge in [0.25, 0.3) is 0 Å². The SMILES string of the molecule is O=C(O)CC(NC(=O)CC1CCCO1)c1ccc(C(F)(F)F)cc1. The summed E-state index contributed by atoms with van der Waals surface area (Å²) in [5.41, 5.74) is -0.517. The van der Waals surface area contributed by atoms with Gasteiger partial charge in [-0.3, -0.25) is 9.59 Å². The lowest BCUT2D eigenvalue weighted by atomic mass is 10.0. The van der Waals surface area contributed by atoms with E-state index in [1.54, 1.807) is 0 Å². The number of carbonyl (C=O) groups excluding carboxylic acids is 1. The molecule has 132 valence electrons. The number of ether oxygens (including phenoxy) is 1. The third-order valence-corrected chi connectivity index (χ3v) is 3.79. The normalized spacial score (nSPS) is 19.0. The zero-order chi connectivity index (χ0) is 17.7. The quantitative estimate of drug-likeness (QED) is 0.831. The van der Waals surface area contributed by atoms with E-state index in [0.29, 0.717) is 12.2 Å². The number of alkyl halides is 3. The third kappa shape index (κ3) is 5.23. The summed E-state index contributed by atoms with van der Waals surface area (Å²) < 4.78 is 43.1. The highest BCUT2D eigenvalue weighted by Crippen LogP contribution is 2.30. The molecule has 1 fully saturated rings. The average Bonchev–Trinajstić information content (AvgIpc) is 2.98. The maximum atomic E-state index is 12.6. The Morgan fingerprint density at radius 3 is 2.46 bits per heavy atom. The largest absolute Gasteiger partial charge is 0.481 e. The van der Waals surface area contributed by atoms with E-state index in [4.69, 9.17) is 9.84 Å². The van der Waals surface area contributed by atoms with Crippen molar-refractivity contribution in [1.82, 2.24) is 5.32 Å². The number of nitrogens with one attached hydrogen (secondary N) is 1. The number of carboxylic acid groups (broad SMARTS) is 1. The molecule has 1 heterocycles. The van der Waals surface area contributed by atoms with E-state index in [9.17, 15) is 22.8 Å². The molecule has 0 radical (unpaired) electrons. The van der Waals surface area contributed by atoms with E-state index < -0.39 is 30.2 Å². The second-order valence-electron chi connectivity index (χ2n) is 5.68. The Balaban J connectivity index is 2.06. The summed E-state index contributed by atoms with van der Waals surface area (Å²) in [6.07, 6.45) is -3.33. The van der Waals surface area contributed by atoms with Gasteiger partial charge in [0, 0.05) is 6.61 Å². The summed E-state index contributed by atoms with van der Waals surface area (Å²) >= 11 is 0. The first-order valence-corrected chi connectivity index (χ1v) is 7.55. The van der Waals surface area contributed by atoms with Crippen LogP contribution in [0.3, 0.4) is 0 Å². The van der Waals surface area contributed by atoms with E-state index in [-0.39, 0.29) is 18.4 Å². The molecular weight excluding hydrogens is 327 g/mol. The molecule has 2 unspecified atom stereocenters. The lowest BCUT2D eigenvalue weighted by Gasteiger charge is -2.19. The van der Waals surface area contributed by atoms with Crippen molar-refractivity contribution in [2.45, 2.75) is 44.0 Å². The molecule has 0 spiro atoms. The van der Waals surface area contributed by atoms with Crippen molar-refractivity contribution >= 4 is 11.9 Å². The summed E-state index contributed by atoms with van der Waals surface area (Å²) in [7, 11) is 0. The smallest absolute Gasteiger partial charge is 0.416 e. The summed E-state index contributed by atoms with van der Waals surface area (Å²) in [6, 6.07) is 3.22. The molecule has 0 aliphatic carbocycles. The predicted octanol–water partition coefficient (Wildman–Crippen LogP) is 2.91. The number of carboxylic acids is 1. The predicted molar refractivity (Wildman–Crippen MR) is 78.2 cm³/mol. The molecule has 8 heteroatoms. The Bertz CT molecular complexity index is 580. The first-order valence-electron chi connectivity index (χ1n) is 7.55. The highest BCUT2D eigenvalue weighted by Gasteiger charge is 2.30. The molecule has 1 amide bonds. The number of rotatable bonds is 6. The molecule has 0 bridgehead atoms. The van der Waals surface area contributed by atoms with Crippen LogP contribution in [-0.4, -0.2) is 29.7 Å². The van der Waals surface area contributed by atoms with Crippen LogP contribution >= 0.6 is 0 Å². The maximum Gasteiger partial charge on any atom is 0.416 e. The molecule has 2 atom stereocenters. The molecule has 1 aliphatic rings. The number of hydrogen-bond acceptors (Lipinski definition) is 3. The van der Waals surface area contributed by atoms with E-state index in [1.807, 2.05) is 0 Å². The standard InChI is InChI=1S/C16H18F3NO4/c17-16(18,19)11-5-3-10(4-6-11)13(9-15(22)23)20-14(21)8-12-2-1-7-24-12/h3-6,12-13H,1-2,7-9H2,(H,20,21)(H,22,23). The first-order chi connectivity index (χ1) is 11.3. The second-order valence-corrected chi connectivity index (χ2v) is 5.68.